The van der Waals surface area contributed by atoms with Crippen molar-refractivity contribution in [3.63, 3.8) is 0 Å². The van der Waals surface area contributed by atoms with Gasteiger partial charge in [-0.15, -0.1) is 10.2 Å². The van der Waals surface area contributed by atoms with E-state index in [1.54, 1.807) is 6.26 Å². The number of aryl methyl sites for hydroxylation is 1. The number of benzene rings is 1. The summed E-state index contributed by atoms with van der Waals surface area (Å²) in [6.07, 6.45) is 1.63. The van der Waals surface area contributed by atoms with Gasteiger partial charge in [-0.3, -0.25) is 4.79 Å². The van der Waals surface area contributed by atoms with Crippen LogP contribution in [0.5, 0.6) is 0 Å². The molecular formula is C17H18N4O2S2. The molecule has 0 fully saturated rings. The van der Waals surface area contributed by atoms with Gasteiger partial charge in [-0.05, 0) is 37.6 Å². The molecule has 0 radical (unpaired) electrons. The zero-order chi connectivity index (χ0) is 17.6. The predicted molar refractivity (Wildman–Crippen MR) is 101 cm³/mol. The molecule has 25 heavy (non-hydrogen) atoms. The number of amides is 1. The number of nitrogens with one attached hydrogen (secondary N) is 2. The standard InChI is InChI=1S/C17H18N4O2S2/c1-11-6-3-4-8-14(11)19-15(22)12(2)24-17-21-20-16(25-17)18-10-13-7-5-9-23-13/h3-9,12H,10H2,1-2H3,(H,18,20)(H,19,22). The van der Waals surface area contributed by atoms with Gasteiger partial charge in [-0.25, -0.2) is 0 Å². The zero-order valence-corrected chi connectivity index (χ0v) is 15.5. The number of para-hydroxylation sites is 1. The molecule has 0 aliphatic heterocycles. The normalized spacial score (nSPS) is 11.9. The molecule has 2 aromatic heterocycles. The smallest absolute Gasteiger partial charge is 0.237 e. The molecule has 0 saturated carbocycles. The molecule has 3 rings (SSSR count). The lowest BCUT2D eigenvalue weighted by Gasteiger charge is -2.11. The molecule has 0 aliphatic carbocycles. The van der Waals surface area contributed by atoms with Gasteiger partial charge in [-0.1, -0.05) is 41.3 Å². The fourth-order valence-corrected chi connectivity index (χ4v) is 3.95. The Hall–Kier alpha value is -2.32. The van der Waals surface area contributed by atoms with Crippen LogP contribution < -0.4 is 10.6 Å². The number of thioether (sulfide) groups is 1. The summed E-state index contributed by atoms with van der Waals surface area (Å²) < 4.78 is 6.00. The lowest BCUT2D eigenvalue weighted by Crippen LogP contribution is -2.22. The minimum absolute atomic E-state index is 0.0559. The van der Waals surface area contributed by atoms with Crippen molar-refractivity contribution in [2.45, 2.75) is 30.0 Å². The third-order valence-electron chi connectivity index (χ3n) is 3.45. The summed E-state index contributed by atoms with van der Waals surface area (Å²) in [5, 5.41) is 14.7. The van der Waals surface area contributed by atoms with E-state index < -0.39 is 0 Å². The molecule has 1 amide bonds. The fraction of sp³-hybridized carbons (Fsp3) is 0.235. The van der Waals surface area contributed by atoms with Crippen LogP contribution in [0.4, 0.5) is 10.8 Å². The van der Waals surface area contributed by atoms with E-state index in [-0.39, 0.29) is 11.2 Å². The monoisotopic (exact) mass is 374 g/mol. The minimum Gasteiger partial charge on any atom is -0.467 e. The number of nitrogens with zero attached hydrogens (tertiary/aromatic N) is 2. The summed E-state index contributed by atoms with van der Waals surface area (Å²) in [6, 6.07) is 11.4. The van der Waals surface area contributed by atoms with Gasteiger partial charge in [-0.2, -0.15) is 0 Å². The van der Waals surface area contributed by atoms with E-state index in [1.165, 1.54) is 23.1 Å². The van der Waals surface area contributed by atoms with Crippen molar-refractivity contribution in [1.29, 1.82) is 0 Å². The van der Waals surface area contributed by atoms with Crippen LogP contribution in [0, 0.1) is 6.92 Å². The van der Waals surface area contributed by atoms with Crippen LogP contribution in [0.1, 0.15) is 18.2 Å². The maximum Gasteiger partial charge on any atom is 0.237 e. The summed E-state index contributed by atoms with van der Waals surface area (Å²) >= 11 is 2.81. The number of hydrogen-bond acceptors (Lipinski definition) is 7. The fourth-order valence-electron chi connectivity index (χ4n) is 2.06. The number of carbonyl (C=O) groups excluding carboxylic acids is 1. The Kier molecular flexibility index (Phi) is 5.72. The Labute approximate surface area is 154 Å². The second-order valence-electron chi connectivity index (χ2n) is 5.37. The quantitative estimate of drug-likeness (QED) is 0.604. The third-order valence-corrected chi connectivity index (χ3v) is 5.52. The Bertz CT molecular complexity index is 833. The van der Waals surface area contributed by atoms with E-state index in [2.05, 4.69) is 20.8 Å². The van der Waals surface area contributed by atoms with Crippen LogP contribution in [0.3, 0.4) is 0 Å². The molecule has 6 nitrogen and oxygen atoms in total. The van der Waals surface area contributed by atoms with Crippen LogP contribution in [0.2, 0.25) is 0 Å². The predicted octanol–water partition coefficient (Wildman–Crippen LogP) is 4.17. The Morgan fingerprint density at radius 2 is 2.12 bits per heavy atom. The first-order valence-electron chi connectivity index (χ1n) is 7.75. The molecule has 2 heterocycles. The number of aromatic nitrogens is 2. The highest BCUT2D eigenvalue weighted by Crippen LogP contribution is 2.29. The Morgan fingerprint density at radius 3 is 2.88 bits per heavy atom. The Balaban J connectivity index is 1.53. The number of anilines is 2. The van der Waals surface area contributed by atoms with Gasteiger partial charge in [0.1, 0.15) is 5.76 Å². The first-order valence-corrected chi connectivity index (χ1v) is 9.44. The maximum atomic E-state index is 12.4. The van der Waals surface area contributed by atoms with E-state index in [4.69, 9.17) is 4.42 Å². The Morgan fingerprint density at radius 1 is 1.28 bits per heavy atom. The summed E-state index contributed by atoms with van der Waals surface area (Å²) in [7, 11) is 0. The largest absolute Gasteiger partial charge is 0.467 e. The van der Waals surface area contributed by atoms with Gasteiger partial charge in [0.25, 0.3) is 0 Å². The van der Waals surface area contributed by atoms with Gasteiger partial charge >= 0.3 is 0 Å². The number of carbonyl (C=O) groups is 1. The van der Waals surface area contributed by atoms with Crippen molar-refractivity contribution in [2.75, 3.05) is 10.6 Å². The highest BCUT2D eigenvalue weighted by molar-refractivity contribution is 8.02. The van der Waals surface area contributed by atoms with Crippen molar-refractivity contribution in [3.8, 4) is 0 Å². The lowest BCUT2D eigenvalue weighted by atomic mass is 10.2. The van der Waals surface area contributed by atoms with Crippen LogP contribution in [-0.4, -0.2) is 21.4 Å². The molecule has 130 valence electrons. The summed E-state index contributed by atoms with van der Waals surface area (Å²) in [4.78, 5) is 12.4. The molecule has 3 aromatic rings. The second kappa shape index (κ2) is 8.17. The average Bonchev–Trinajstić information content (AvgIpc) is 3.26. The van der Waals surface area contributed by atoms with Gasteiger partial charge in [0.2, 0.25) is 11.0 Å². The number of furan rings is 1. The molecule has 8 heteroatoms. The average molecular weight is 374 g/mol. The third kappa shape index (κ3) is 4.83. The molecule has 0 bridgehead atoms. The maximum absolute atomic E-state index is 12.4. The van der Waals surface area contributed by atoms with Crippen LogP contribution >= 0.6 is 23.1 Å². The number of hydrogen-bond donors (Lipinski definition) is 2. The van der Waals surface area contributed by atoms with Crippen molar-refractivity contribution < 1.29 is 9.21 Å². The first-order chi connectivity index (χ1) is 12.1. The summed E-state index contributed by atoms with van der Waals surface area (Å²) in [5.74, 6) is 0.773. The van der Waals surface area contributed by atoms with Crippen molar-refractivity contribution in [3.05, 3.63) is 54.0 Å². The van der Waals surface area contributed by atoms with Crippen molar-refractivity contribution in [2.24, 2.45) is 0 Å². The topological polar surface area (TPSA) is 80.0 Å². The van der Waals surface area contributed by atoms with Crippen molar-refractivity contribution in [1.82, 2.24) is 10.2 Å². The van der Waals surface area contributed by atoms with E-state index in [9.17, 15) is 4.79 Å². The molecule has 1 aromatic carbocycles. The van der Waals surface area contributed by atoms with Crippen LogP contribution in [0.25, 0.3) is 0 Å². The summed E-state index contributed by atoms with van der Waals surface area (Å²) in [6.45, 7) is 4.38. The van der Waals surface area contributed by atoms with Gasteiger partial charge in [0, 0.05) is 5.69 Å². The van der Waals surface area contributed by atoms with Crippen molar-refractivity contribution >= 4 is 39.8 Å². The van der Waals surface area contributed by atoms with Gasteiger partial charge < -0.3 is 15.1 Å². The minimum atomic E-state index is -0.273. The van der Waals surface area contributed by atoms with Gasteiger partial charge in [0.05, 0.1) is 18.1 Å². The SMILES string of the molecule is Cc1ccccc1NC(=O)C(C)Sc1nnc(NCc2ccco2)s1. The van der Waals surface area contributed by atoms with E-state index >= 15 is 0 Å². The molecular weight excluding hydrogens is 356 g/mol. The first kappa shape index (κ1) is 17.5. The van der Waals surface area contributed by atoms with E-state index in [0.29, 0.717) is 11.7 Å². The van der Waals surface area contributed by atoms with Gasteiger partial charge in [0.15, 0.2) is 4.34 Å². The molecule has 1 unspecified atom stereocenters. The van der Waals surface area contributed by atoms with E-state index in [1.807, 2.05) is 50.2 Å². The highest BCUT2D eigenvalue weighted by atomic mass is 32.2. The molecule has 0 spiro atoms. The van der Waals surface area contributed by atoms with Crippen LogP contribution in [-0.2, 0) is 11.3 Å². The number of rotatable bonds is 7. The lowest BCUT2D eigenvalue weighted by molar-refractivity contribution is -0.115. The zero-order valence-electron chi connectivity index (χ0n) is 13.9. The summed E-state index contributed by atoms with van der Waals surface area (Å²) in [5.41, 5.74) is 1.87. The van der Waals surface area contributed by atoms with Crippen LogP contribution in [0.15, 0.2) is 51.4 Å². The second-order valence-corrected chi connectivity index (χ2v) is 7.94. The highest BCUT2D eigenvalue weighted by Gasteiger charge is 2.18. The molecule has 0 saturated heterocycles. The van der Waals surface area contributed by atoms with E-state index in [0.717, 1.165) is 21.4 Å². The molecule has 2 N–H and O–H groups in total. The molecule has 0 aliphatic rings. The molecule has 1 atom stereocenters.